The molecule has 1 atom stereocenters. The Labute approximate surface area is 115 Å². The largest absolute Gasteiger partial charge is 0.395 e. The second-order valence-electron chi connectivity index (χ2n) is 4.84. The number of carbonyl (C=O) groups excluding carboxylic acids is 1. The molecule has 0 aromatic heterocycles. The highest BCUT2D eigenvalue weighted by atomic mass is 16.3. The molecular formula is C15H24N2O2. The zero-order chi connectivity index (χ0) is 14.4. The highest BCUT2D eigenvalue weighted by Gasteiger charge is 2.19. The van der Waals surface area contributed by atoms with E-state index in [0.717, 1.165) is 23.4 Å². The van der Waals surface area contributed by atoms with E-state index in [1.54, 1.807) is 0 Å². The molecule has 106 valence electrons. The molecule has 0 spiro atoms. The van der Waals surface area contributed by atoms with E-state index in [2.05, 4.69) is 5.32 Å². The zero-order valence-electron chi connectivity index (χ0n) is 12.2. The quantitative estimate of drug-likeness (QED) is 0.825. The van der Waals surface area contributed by atoms with E-state index < -0.39 is 0 Å². The monoisotopic (exact) mass is 264 g/mol. The van der Waals surface area contributed by atoms with Crippen molar-refractivity contribution in [1.29, 1.82) is 0 Å². The van der Waals surface area contributed by atoms with Gasteiger partial charge in [-0.25, -0.2) is 0 Å². The first-order valence-corrected chi connectivity index (χ1v) is 6.72. The van der Waals surface area contributed by atoms with Gasteiger partial charge in [-0.05, 0) is 44.5 Å². The molecular weight excluding hydrogens is 240 g/mol. The molecule has 1 aromatic carbocycles. The van der Waals surface area contributed by atoms with Gasteiger partial charge in [-0.2, -0.15) is 0 Å². The predicted octanol–water partition coefficient (Wildman–Crippen LogP) is 1.94. The fourth-order valence-corrected chi connectivity index (χ4v) is 2.03. The fraction of sp³-hybridized carbons (Fsp3) is 0.533. The molecule has 0 saturated carbocycles. The summed E-state index contributed by atoms with van der Waals surface area (Å²) in [5, 5.41) is 12.0. The standard InChI is InChI=1S/C15H24N2O2/c1-5-17(8-9-18)13(4)15(19)16-14-10-11(2)6-7-12(14)3/h6-7,10,13,18H,5,8-9H2,1-4H3,(H,16,19). The second-order valence-corrected chi connectivity index (χ2v) is 4.84. The van der Waals surface area contributed by atoms with Gasteiger partial charge in [0.05, 0.1) is 12.6 Å². The van der Waals surface area contributed by atoms with Crippen molar-refractivity contribution in [1.82, 2.24) is 4.90 Å². The summed E-state index contributed by atoms with van der Waals surface area (Å²) >= 11 is 0. The number of hydrogen-bond acceptors (Lipinski definition) is 3. The van der Waals surface area contributed by atoms with Gasteiger partial charge in [-0.1, -0.05) is 19.1 Å². The van der Waals surface area contributed by atoms with Crippen molar-refractivity contribution in [3.8, 4) is 0 Å². The minimum Gasteiger partial charge on any atom is -0.395 e. The lowest BCUT2D eigenvalue weighted by Gasteiger charge is -2.26. The van der Waals surface area contributed by atoms with E-state index in [0.29, 0.717) is 6.54 Å². The first-order chi connectivity index (χ1) is 8.99. The Morgan fingerprint density at radius 2 is 2.11 bits per heavy atom. The number of likely N-dealkylation sites (N-methyl/N-ethyl adjacent to an activating group) is 1. The van der Waals surface area contributed by atoms with Crippen LogP contribution in [0.15, 0.2) is 18.2 Å². The van der Waals surface area contributed by atoms with Gasteiger partial charge >= 0.3 is 0 Å². The maximum atomic E-state index is 12.2. The predicted molar refractivity (Wildman–Crippen MR) is 78.3 cm³/mol. The number of nitrogens with zero attached hydrogens (tertiary/aromatic N) is 1. The van der Waals surface area contributed by atoms with Crippen LogP contribution in [0.1, 0.15) is 25.0 Å². The summed E-state index contributed by atoms with van der Waals surface area (Å²) in [5.74, 6) is -0.0380. The van der Waals surface area contributed by atoms with Crippen molar-refractivity contribution in [2.75, 3.05) is 25.0 Å². The van der Waals surface area contributed by atoms with E-state index in [9.17, 15) is 4.79 Å². The van der Waals surface area contributed by atoms with Gasteiger partial charge in [0, 0.05) is 12.2 Å². The number of benzene rings is 1. The first kappa shape index (κ1) is 15.7. The third-order valence-corrected chi connectivity index (χ3v) is 3.37. The van der Waals surface area contributed by atoms with Gasteiger partial charge in [-0.15, -0.1) is 0 Å². The summed E-state index contributed by atoms with van der Waals surface area (Å²) in [6, 6.07) is 5.75. The lowest BCUT2D eigenvalue weighted by molar-refractivity contribution is -0.120. The van der Waals surface area contributed by atoms with Gasteiger partial charge < -0.3 is 10.4 Å². The second kappa shape index (κ2) is 7.26. The van der Waals surface area contributed by atoms with Gasteiger partial charge in [0.25, 0.3) is 0 Å². The Balaban J connectivity index is 2.75. The highest BCUT2D eigenvalue weighted by Crippen LogP contribution is 2.17. The fourth-order valence-electron chi connectivity index (χ4n) is 2.03. The molecule has 0 bridgehead atoms. The average molecular weight is 264 g/mol. The molecule has 4 nitrogen and oxygen atoms in total. The van der Waals surface area contributed by atoms with Crippen molar-refractivity contribution in [2.45, 2.75) is 33.7 Å². The molecule has 4 heteroatoms. The van der Waals surface area contributed by atoms with E-state index in [1.165, 1.54) is 0 Å². The Morgan fingerprint density at radius 3 is 2.68 bits per heavy atom. The number of aryl methyl sites for hydroxylation is 2. The Morgan fingerprint density at radius 1 is 1.42 bits per heavy atom. The topological polar surface area (TPSA) is 52.6 Å². The van der Waals surface area contributed by atoms with E-state index in [-0.39, 0.29) is 18.6 Å². The molecule has 0 aliphatic rings. The summed E-state index contributed by atoms with van der Waals surface area (Å²) in [7, 11) is 0. The minimum atomic E-state index is -0.253. The van der Waals surface area contributed by atoms with Crippen LogP contribution in [0.4, 0.5) is 5.69 Å². The Hall–Kier alpha value is -1.39. The Bertz CT molecular complexity index is 432. The summed E-state index contributed by atoms with van der Waals surface area (Å²) in [6.07, 6.45) is 0. The smallest absolute Gasteiger partial charge is 0.241 e. The van der Waals surface area contributed by atoms with Crippen molar-refractivity contribution < 1.29 is 9.90 Å². The molecule has 0 fully saturated rings. The zero-order valence-corrected chi connectivity index (χ0v) is 12.2. The highest BCUT2D eigenvalue weighted by molar-refractivity contribution is 5.95. The molecule has 1 amide bonds. The molecule has 0 aliphatic heterocycles. The number of nitrogens with one attached hydrogen (secondary N) is 1. The van der Waals surface area contributed by atoms with Gasteiger partial charge in [0.2, 0.25) is 5.91 Å². The maximum Gasteiger partial charge on any atom is 0.241 e. The van der Waals surface area contributed by atoms with E-state index in [4.69, 9.17) is 5.11 Å². The van der Waals surface area contributed by atoms with Crippen molar-refractivity contribution in [2.24, 2.45) is 0 Å². The molecule has 19 heavy (non-hydrogen) atoms. The van der Waals surface area contributed by atoms with Crippen LogP contribution in [0.3, 0.4) is 0 Å². The van der Waals surface area contributed by atoms with Crippen molar-refractivity contribution >= 4 is 11.6 Å². The summed E-state index contributed by atoms with van der Waals surface area (Å²) < 4.78 is 0. The first-order valence-electron chi connectivity index (χ1n) is 6.72. The average Bonchev–Trinajstić information content (AvgIpc) is 2.39. The molecule has 0 radical (unpaired) electrons. The van der Waals surface area contributed by atoms with Crippen LogP contribution >= 0.6 is 0 Å². The number of aliphatic hydroxyl groups is 1. The van der Waals surface area contributed by atoms with Crippen LogP contribution in [0.2, 0.25) is 0 Å². The van der Waals surface area contributed by atoms with E-state index in [1.807, 2.05) is 50.8 Å². The number of hydrogen-bond donors (Lipinski definition) is 2. The molecule has 1 unspecified atom stereocenters. The van der Waals surface area contributed by atoms with Crippen LogP contribution in [0.5, 0.6) is 0 Å². The molecule has 1 rings (SSSR count). The SMILES string of the molecule is CCN(CCO)C(C)C(=O)Nc1cc(C)ccc1C. The number of aliphatic hydroxyl groups excluding tert-OH is 1. The lowest BCUT2D eigenvalue weighted by Crippen LogP contribution is -2.43. The van der Waals surface area contributed by atoms with Gasteiger partial charge in [0.15, 0.2) is 0 Å². The van der Waals surface area contributed by atoms with Crippen LogP contribution in [0.25, 0.3) is 0 Å². The number of carbonyl (C=O) groups is 1. The Kier molecular flexibility index (Phi) is 5.99. The normalized spacial score (nSPS) is 12.5. The molecule has 1 aromatic rings. The third kappa shape index (κ3) is 4.33. The molecule has 2 N–H and O–H groups in total. The lowest BCUT2D eigenvalue weighted by atomic mass is 10.1. The van der Waals surface area contributed by atoms with Gasteiger partial charge in [-0.3, -0.25) is 9.69 Å². The summed E-state index contributed by atoms with van der Waals surface area (Å²) in [4.78, 5) is 14.2. The maximum absolute atomic E-state index is 12.2. The summed E-state index contributed by atoms with van der Waals surface area (Å²) in [5.41, 5.74) is 3.03. The number of anilines is 1. The van der Waals surface area contributed by atoms with Gasteiger partial charge in [0.1, 0.15) is 0 Å². The number of rotatable bonds is 6. The van der Waals surface area contributed by atoms with Crippen LogP contribution in [-0.4, -0.2) is 41.7 Å². The van der Waals surface area contributed by atoms with Crippen LogP contribution < -0.4 is 5.32 Å². The molecule has 0 saturated heterocycles. The van der Waals surface area contributed by atoms with Crippen molar-refractivity contribution in [3.05, 3.63) is 29.3 Å². The van der Waals surface area contributed by atoms with Crippen LogP contribution in [-0.2, 0) is 4.79 Å². The third-order valence-electron chi connectivity index (χ3n) is 3.37. The molecule has 0 heterocycles. The van der Waals surface area contributed by atoms with Crippen LogP contribution in [0, 0.1) is 13.8 Å². The number of amides is 1. The van der Waals surface area contributed by atoms with Crippen molar-refractivity contribution in [3.63, 3.8) is 0 Å². The molecule has 0 aliphatic carbocycles. The minimum absolute atomic E-state index is 0.0380. The summed E-state index contributed by atoms with van der Waals surface area (Å²) in [6.45, 7) is 9.14. The van der Waals surface area contributed by atoms with E-state index >= 15 is 0 Å².